The third-order valence-electron chi connectivity index (χ3n) is 7.69. The summed E-state index contributed by atoms with van der Waals surface area (Å²) in [6.07, 6.45) is 3.23. The number of ketones is 1. The molecule has 5 aromatic rings. The van der Waals surface area contributed by atoms with E-state index < -0.39 is 0 Å². The van der Waals surface area contributed by atoms with Crippen molar-refractivity contribution >= 4 is 29.0 Å². The number of benzene rings is 3. The standard InChI is InChI=1S/C33H30FN5O3/c1-21(23-8-12-27(34)13-9-23)29(40)18-22-4-6-24(7-5-22)26-11-15-31-36-33(37-39(31)20-26)35-28-14-10-25(19-30(28)42-2)32(41)38-16-3-17-38/h4-15,19-21H,3,16-18H2,1-2H3,(H,35,37)/t21-/m1/s1. The number of nitrogens with one attached hydrogen (secondary N) is 1. The molecule has 1 saturated heterocycles. The summed E-state index contributed by atoms with van der Waals surface area (Å²) in [6.45, 7) is 3.42. The molecular formula is C33H30FN5O3. The van der Waals surface area contributed by atoms with Crippen LogP contribution < -0.4 is 10.1 Å². The minimum atomic E-state index is -0.313. The number of carbonyl (C=O) groups is 2. The smallest absolute Gasteiger partial charge is 0.253 e. The molecule has 0 radical (unpaired) electrons. The van der Waals surface area contributed by atoms with Gasteiger partial charge in [-0.3, -0.25) is 9.59 Å². The van der Waals surface area contributed by atoms with Crippen LogP contribution in [0.25, 0.3) is 16.8 Å². The van der Waals surface area contributed by atoms with Crippen molar-refractivity contribution in [1.29, 1.82) is 0 Å². The molecule has 212 valence electrons. The molecule has 8 nitrogen and oxygen atoms in total. The van der Waals surface area contributed by atoms with Gasteiger partial charge in [0.2, 0.25) is 5.95 Å². The van der Waals surface area contributed by atoms with Gasteiger partial charge in [0.05, 0.1) is 12.8 Å². The molecule has 1 fully saturated rings. The van der Waals surface area contributed by atoms with Crippen LogP contribution in [0.5, 0.6) is 5.75 Å². The number of likely N-dealkylation sites (tertiary alicyclic amines) is 1. The van der Waals surface area contributed by atoms with E-state index in [1.807, 2.05) is 54.4 Å². The van der Waals surface area contributed by atoms with Crippen LogP contribution in [-0.4, -0.2) is 51.4 Å². The molecule has 6 rings (SSSR count). The van der Waals surface area contributed by atoms with Crippen LogP contribution in [0.15, 0.2) is 85.1 Å². The maximum Gasteiger partial charge on any atom is 0.253 e. The monoisotopic (exact) mass is 563 g/mol. The van der Waals surface area contributed by atoms with Crippen molar-refractivity contribution < 1.29 is 18.7 Å². The highest BCUT2D eigenvalue weighted by molar-refractivity contribution is 5.96. The van der Waals surface area contributed by atoms with E-state index in [0.29, 0.717) is 35.0 Å². The van der Waals surface area contributed by atoms with Gasteiger partial charge in [0, 0.05) is 42.8 Å². The van der Waals surface area contributed by atoms with Crippen LogP contribution >= 0.6 is 0 Å². The number of anilines is 2. The molecule has 3 aromatic carbocycles. The Labute approximate surface area is 242 Å². The molecule has 42 heavy (non-hydrogen) atoms. The van der Waals surface area contributed by atoms with Crippen molar-refractivity contribution in [3.05, 3.63) is 108 Å². The van der Waals surface area contributed by atoms with Gasteiger partial charge in [0.1, 0.15) is 17.3 Å². The molecule has 0 aliphatic carbocycles. The van der Waals surface area contributed by atoms with Gasteiger partial charge < -0.3 is 15.0 Å². The molecule has 1 amide bonds. The summed E-state index contributed by atoms with van der Waals surface area (Å²) < 4.78 is 20.5. The molecular weight excluding hydrogens is 533 g/mol. The summed E-state index contributed by atoms with van der Waals surface area (Å²) in [7, 11) is 1.56. The zero-order chi connectivity index (χ0) is 29.2. The zero-order valence-electron chi connectivity index (χ0n) is 23.4. The van der Waals surface area contributed by atoms with Gasteiger partial charge in [0.15, 0.2) is 5.65 Å². The van der Waals surface area contributed by atoms with E-state index in [2.05, 4.69) is 15.4 Å². The molecule has 9 heteroatoms. The van der Waals surface area contributed by atoms with Crippen molar-refractivity contribution in [2.24, 2.45) is 0 Å². The van der Waals surface area contributed by atoms with Gasteiger partial charge in [-0.1, -0.05) is 43.3 Å². The summed E-state index contributed by atoms with van der Waals surface area (Å²) in [4.78, 5) is 31.8. The average Bonchev–Trinajstić information content (AvgIpc) is 3.38. The first-order valence-corrected chi connectivity index (χ1v) is 13.9. The molecule has 3 heterocycles. The number of pyridine rings is 1. The van der Waals surface area contributed by atoms with E-state index in [0.717, 1.165) is 41.8 Å². The first-order valence-electron chi connectivity index (χ1n) is 13.9. The number of amides is 1. The van der Waals surface area contributed by atoms with Crippen molar-refractivity contribution in [2.75, 3.05) is 25.5 Å². The Morgan fingerprint density at radius 1 is 0.976 bits per heavy atom. The Morgan fingerprint density at radius 3 is 2.40 bits per heavy atom. The van der Waals surface area contributed by atoms with Crippen molar-refractivity contribution in [2.45, 2.75) is 25.7 Å². The normalized spacial score (nSPS) is 13.5. The van der Waals surface area contributed by atoms with Gasteiger partial charge in [-0.15, -0.1) is 5.10 Å². The first-order chi connectivity index (χ1) is 20.4. The summed E-state index contributed by atoms with van der Waals surface area (Å²) in [5.41, 5.74) is 5.56. The zero-order valence-corrected chi connectivity index (χ0v) is 23.4. The van der Waals surface area contributed by atoms with Gasteiger partial charge in [-0.25, -0.2) is 8.91 Å². The second kappa shape index (κ2) is 11.4. The third kappa shape index (κ3) is 5.58. The summed E-state index contributed by atoms with van der Waals surface area (Å²) in [5.74, 6) is 0.389. The number of aromatic nitrogens is 3. The van der Waals surface area contributed by atoms with Gasteiger partial charge in [-0.2, -0.15) is 4.98 Å². The molecule has 2 aromatic heterocycles. The van der Waals surface area contributed by atoms with Gasteiger partial charge in [0.25, 0.3) is 5.91 Å². The molecule has 0 bridgehead atoms. The Hall–Kier alpha value is -5.05. The molecule has 1 aliphatic heterocycles. The second-order valence-corrected chi connectivity index (χ2v) is 10.5. The summed E-state index contributed by atoms with van der Waals surface area (Å²) in [5, 5.41) is 7.79. The fraction of sp³-hybridized carbons (Fsp3) is 0.212. The number of Topliss-reactive ketones (excluding diaryl/α,β-unsaturated/α-hetero) is 1. The highest BCUT2D eigenvalue weighted by Crippen LogP contribution is 2.29. The van der Waals surface area contributed by atoms with E-state index in [1.165, 1.54) is 12.1 Å². The number of rotatable bonds is 9. The number of halogens is 1. The maximum atomic E-state index is 13.2. The largest absolute Gasteiger partial charge is 0.495 e. The lowest BCUT2D eigenvalue weighted by atomic mass is 9.92. The lowest BCUT2D eigenvalue weighted by molar-refractivity contribution is -0.119. The minimum absolute atomic E-state index is 0.00340. The summed E-state index contributed by atoms with van der Waals surface area (Å²) >= 11 is 0. The second-order valence-electron chi connectivity index (χ2n) is 10.5. The van der Waals surface area contributed by atoms with Gasteiger partial charge in [-0.05, 0) is 65.6 Å². The van der Waals surface area contributed by atoms with Crippen LogP contribution in [-0.2, 0) is 11.2 Å². The predicted molar refractivity (Wildman–Crippen MR) is 159 cm³/mol. The molecule has 1 atom stereocenters. The number of ether oxygens (including phenoxy) is 1. The molecule has 1 N–H and O–H groups in total. The lowest BCUT2D eigenvalue weighted by Gasteiger charge is -2.31. The van der Waals surface area contributed by atoms with Crippen LogP contribution in [0.2, 0.25) is 0 Å². The fourth-order valence-electron chi connectivity index (χ4n) is 4.96. The van der Waals surface area contributed by atoms with Crippen LogP contribution in [0, 0.1) is 5.82 Å². The maximum absolute atomic E-state index is 13.2. The van der Waals surface area contributed by atoms with Crippen molar-refractivity contribution in [3.63, 3.8) is 0 Å². The molecule has 0 spiro atoms. The van der Waals surface area contributed by atoms with E-state index in [1.54, 1.807) is 42.0 Å². The van der Waals surface area contributed by atoms with Crippen LogP contribution in [0.1, 0.15) is 40.7 Å². The van der Waals surface area contributed by atoms with Gasteiger partial charge >= 0.3 is 0 Å². The van der Waals surface area contributed by atoms with Crippen LogP contribution in [0.4, 0.5) is 16.0 Å². The molecule has 0 unspecified atom stereocenters. The third-order valence-corrected chi connectivity index (χ3v) is 7.69. The van der Waals surface area contributed by atoms with E-state index in [-0.39, 0.29) is 23.4 Å². The number of nitrogens with zero attached hydrogens (tertiary/aromatic N) is 4. The minimum Gasteiger partial charge on any atom is -0.495 e. The quantitative estimate of drug-likeness (QED) is 0.235. The molecule has 0 saturated carbocycles. The number of methoxy groups -OCH3 is 1. The Kier molecular flexibility index (Phi) is 7.39. The Morgan fingerprint density at radius 2 is 1.71 bits per heavy atom. The first kappa shape index (κ1) is 27.1. The number of carbonyl (C=O) groups excluding carboxylic acids is 2. The topological polar surface area (TPSA) is 88.8 Å². The summed E-state index contributed by atoms with van der Waals surface area (Å²) in [6, 6.07) is 23.1. The van der Waals surface area contributed by atoms with Crippen molar-refractivity contribution in [3.8, 4) is 16.9 Å². The number of hydrogen-bond acceptors (Lipinski definition) is 6. The molecule has 1 aliphatic rings. The van der Waals surface area contributed by atoms with Crippen molar-refractivity contribution in [1.82, 2.24) is 19.5 Å². The van der Waals surface area contributed by atoms with E-state index in [4.69, 9.17) is 4.74 Å². The van der Waals surface area contributed by atoms with E-state index >= 15 is 0 Å². The highest BCUT2D eigenvalue weighted by Gasteiger charge is 2.23. The number of fused-ring (bicyclic) bond motifs is 1. The predicted octanol–water partition coefficient (Wildman–Crippen LogP) is 6.05. The lowest BCUT2D eigenvalue weighted by Crippen LogP contribution is -2.42. The Bertz CT molecular complexity index is 1760. The Balaban J connectivity index is 1.14. The number of hydrogen-bond donors (Lipinski definition) is 1. The van der Waals surface area contributed by atoms with E-state index in [9.17, 15) is 14.0 Å². The average molecular weight is 564 g/mol. The fourth-order valence-corrected chi connectivity index (χ4v) is 4.96. The van der Waals surface area contributed by atoms with Crippen LogP contribution in [0.3, 0.4) is 0 Å². The highest BCUT2D eigenvalue weighted by atomic mass is 19.1. The SMILES string of the molecule is COc1cc(C(=O)N2CCC2)ccc1Nc1nc2ccc(-c3ccc(CC(=O)[C@H](C)c4ccc(F)cc4)cc3)cn2n1.